The lowest BCUT2D eigenvalue weighted by Gasteiger charge is -2.35. The Kier molecular flexibility index (Phi) is 5.15. The molecule has 0 aliphatic carbocycles. The molecule has 0 bridgehead atoms. The molecule has 3 aromatic rings. The molecule has 1 aromatic carbocycles. The van der Waals surface area contributed by atoms with Crippen molar-refractivity contribution in [1.82, 2.24) is 29.7 Å². The first-order valence-electron chi connectivity index (χ1n) is 9.16. The minimum Gasteiger partial charge on any atom is -0.338 e. The number of imidazole rings is 1. The second-order valence-corrected chi connectivity index (χ2v) is 7.48. The molecule has 28 heavy (non-hydrogen) atoms. The zero-order chi connectivity index (χ0) is 19.7. The van der Waals surface area contributed by atoms with Crippen molar-refractivity contribution in [2.75, 3.05) is 51.7 Å². The van der Waals surface area contributed by atoms with E-state index >= 15 is 0 Å². The van der Waals surface area contributed by atoms with Crippen LogP contribution in [0.2, 0.25) is 5.02 Å². The number of nitrogens with one attached hydrogen (secondary N) is 1. The predicted molar refractivity (Wildman–Crippen MR) is 109 cm³/mol. The molecule has 1 N–H and O–H groups in total. The summed E-state index contributed by atoms with van der Waals surface area (Å²) >= 11 is 6.35. The van der Waals surface area contributed by atoms with Gasteiger partial charge in [0, 0.05) is 26.2 Å². The number of piperazine rings is 1. The predicted octanol–water partition coefficient (Wildman–Crippen LogP) is 1.88. The first-order chi connectivity index (χ1) is 13.5. The highest BCUT2D eigenvalue weighted by atomic mass is 35.5. The van der Waals surface area contributed by atoms with E-state index in [1.807, 2.05) is 48.2 Å². The second kappa shape index (κ2) is 7.73. The number of H-pyrrole nitrogens is 1. The van der Waals surface area contributed by atoms with Crippen LogP contribution in [-0.4, -0.2) is 82.5 Å². The Labute approximate surface area is 168 Å². The van der Waals surface area contributed by atoms with Crippen molar-refractivity contribution >= 4 is 34.5 Å². The van der Waals surface area contributed by atoms with Crippen molar-refractivity contribution in [2.24, 2.45) is 0 Å². The number of benzene rings is 1. The van der Waals surface area contributed by atoms with Gasteiger partial charge >= 0.3 is 0 Å². The number of hydrogen-bond acceptors (Lipinski definition) is 6. The molecule has 1 aliphatic rings. The summed E-state index contributed by atoms with van der Waals surface area (Å²) in [6.07, 6.45) is 1.61. The molecular formula is C19H22ClN7O. The number of fused-ring (bicyclic) bond motifs is 1. The molecule has 8 nitrogen and oxygen atoms in total. The fraction of sp³-hybridized carbons (Fsp3) is 0.368. The zero-order valence-corrected chi connectivity index (χ0v) is 16.6. The highest BCUT2D eigenvalue weighted by molar-refractivity contribution is 6.32. The minimum atomic E-state index is 0.143. The van der Waals surface area contributed by atoms with Gasteiger partial charge < -0.3 is 19.7 Å². The van der Waals surface area contributed by atoms with Crippen molar-refractivity contribution in [3.63, 3.8) is 0 Å². The standard InChI is InChI=1S/C19H22ClN7O/c1-25(2)12-16(28)26-7-9-27(10-8-26)19-21-11-13(20)17(24-19)18-22-14-5-3-4-6-15(14)23-18/h3-6,11H,7-10,12H2,1-2H3,(H,22,23). The van der Waals surface area contributed by atoms with Gasteiger partial charge in [0.2, 0.25) is 11.9 Å². The first-order valence-corrected chi connectivity index (χ1v) is 9.54. The van der Waals surface area contributed by atoms with Gasteiger partial charge in [-0.3, -0.25) is 4.79 Å². The number of para-hydroxylation sites is 2. The molecule has 0 radical (unpaired) electrons. The summed E-state index contributed by atoms with van der Waals surface area (Å²) in [5, 5.41) is 0.447. The molecule has 0 saturated carbocycles. The summed E-state index contributed by atoms with van der Waals surface area (Å²) < 4.78 is 0. The summed E-state index contributed by atoms with van der Waals surface area (Å²) in [5.41, 5.74) is 2.37. The molecule has 1 aliphatic heterocycles. The van der Waals surface area contributed by atoms with E-state index in [-0.39, 0.29) is 5.91 Å². The number of rotatable bonds is 4. The van der Waals surface area contributed by atoms with Gasteiger partial charge in [-0.05, 0) is 26.2 Å². The SMILES string of the molecule is CN(C)CC(=O)N1CCN(c2ncc(Cl)c(-c3nc4ccccc4[nH]3)n2)CC1. The maximum atomic E-state index is 12.2. The van der Waals surface area contributed by atoms with E-state index in [2.05, 4.69) is 24.8 Å². The zero-order valence-electron chi connectivity index (χ0n) is 15.9. The molecular weight excluding hydrogens is 378 g/mol. The summed E-state index contributed by atoms with van der Waals surface area (Å²) in [5.74, 6) is 1.36. The van der Waals surface area contributed by atoms with E-state index in [9.17, 15) is 4.79 Å². The fourth-order valence-corrected chi connectivity index (χ4v) is 3.45. The Morgan fingerprint density at radius 2 is 1.93 bits per heavy atom. The average Bonchev–Trinajstić information content (AvgIpc) is 3.12. The normalized spacial score (nSPS) is 14.9. The second-order valence-electron chi connectivity index (χ2n) is 7.07. The van der Waals surface area contributed by atoms with E-state index in [0.29, 0.717) is 55.2 Å². The third-order valence-corrected chi connectivity index (χ3v) is 4.99. The number of nitrogens with zero attached hydrogens (tertiary/aromatic N) is 6. The van der Waals surface area contributed by atoms with Gasteiger partial charge in [0.15, 0.2) is 5.82 Å². The summed E-state index contributed by atoms with van der Waals surface area (Å²) in [6.45, 7) is 3.09. The van der Waals surface area contributed by atoms with Crippen LogP contribution in [0, 0.1) is 0 Å². The highest BCUT2D eigenvalue weighted by Gasteiger charge is 2.24. The molecule has 9 heteroatoms. The lowest BCUT2D eigenvalue weighted by atomic mass is 10.3. The van der Waals surface area contributed by atoms with E-state index in [1.165, 1.54) is 0 Å². The Morgan fingerprint density at radius 1 is 1.18 bits per heavy atom. The van der Waals surface area contributed by atoms with Crippen LogP contribution in [0.15, 0.2) is 30.5 Å². The summed E-state index contributed by atoms with van der Waals surface area (Å²) in [6, 6.07) is 7.80. The maximum Gasteiger partial charge on any atom is 0.236 e. The lowest BCUT2D eigenvalue weighted by Crippen LogP contribution is -2.51. The Bertz CT molecular complexity index is 962. The topological polar surface area (TPSA) is 81.3 Å². The number of aromatic nitrogens is 4. The highest BCUT2D eigenvalue weighted by Crippen LogP contribution is 2.27. The minimum absolute atomic E-state index is 0.143. The molecule has 0 atom stereocenters. The molecule has 2 aromatic heterocycles. The van der Waals surface area contributed by atoms with Crippen LogP contribution in [0.3, 0.4) is 0 Å². The summed E-state index contributed by atoms with van der Waals surface area (Å²) in [7, 11) is 3.80. The van der Waals surface area contributed by atoms with Crippen LogP contribution >= 0.6 is 11.6 Å². The third kappa shape index (κ3) is 3.79. The average molecular weight is 400 g/mol. The number of carbonyl (C=O) groups is 1. The van der Waals surface area contributed by atoms with Crippen molar-refractivity contribution in [3.05, 3.63) is 35.5 Å². The molecule has 1 amide bonds. The lowest BCUT2D eigenvalue weighted by molar-refractivity contribution is -0.132. The van der Waals surface area contributed by atoms with Crippen LogP contribution < -0.4 is 4.90 Å². The fourth-order valence-electron chi connectivity index (χ4n) is 3.27. The van der Waals surface area contributed by atoms with Gasteiger partial charge in [0.25, 0.3) is 0 Å². The number of amides is 1. The molecule has 4 rings (SSSR count). The molecule has 3 heterocycles. The Balaban J connectivity index is 1.52. The quantitative estimate of drug-likeness (QED) is 0.721. The molecule has 1 saturated heterocycles. The van der Waals surface area contributed by atoms with Crippen LogP contribution in [0.1, 0.15) is 0 Å². The smallest absolute Gasteiger partial charge is 0.236 e. The van der Waals surface area contributed by atoms with Crippen molar-refractivity contribution in [1.29, 1.82) is 0 Å². The maximum absolute atomic E-state index is 12.2. The van der Waals surface area contributed by atoms with Crippen LogP contribution in [0.4, 0.5) is 5.95 Å². The largest absolute Gasteiger partial charge is 0.338 e. The van der Waals surface area contributed by atoms with Gasteiger partial charge in [0.1, 0.15) is 5.69 Å². The number of aromatic amines is 1. The monoisotopic (exact) mass is 399 g/mol. The number of likely N-dealkylation sites (N-methyl/N-ethyl adjacent to an activating group) is 1. The van der Waals surface area contributed by atoms with Crippen LogP contribution in [0.25, 0.3) is 22.6 Å². The van der Waals surface area contributed by atoms with Gasteiger partial charge in [-0.1, -0.05) is 23.7 Å². The van der Waals surface area contributed by atoms with E-state index < -0.39 is 0 Å². The summed E-state index contributed by atoms with van der Waals surface area (Å²) in [4.78, 5) is 35.0. The first kappa shape index (κ1) is 18.6. The number of carbonyl (C=O) groups excluding carboxylic acids is 1. The molecule has 146 valence electrons. The number of anilines is 1. The number of hydrogen-bond donors (Lipinski definition) is 1. The van der Waals surface area contributed by atoms with Gasteiger partial charge in [0.05, 0.1) is 28.8 Å². The third-order valence-electron chi connectivity index (χ3n) is 4.71. The van der Waals surface area contributed by atoms with Gasteiger partial charge in [-0.15, -0.1) is 0 Å². The molecule has 0 unspecified atom stereocenters. The van der Waals surface area contributed by atoms with E-state index in [0.717, 1.165) is 11.0 Å². The van der Waals surface area contributed by atoms with Gasteiger partial charge in [-0.2, -0.15) is 0 Å². The van der Waals surface area contributed by atoms with Crippen molar-refractivity contribution in [3.8, 4) is 11.5 Å². The Hall–Kier alpha value is -2.71. The molecule has 0 spiro atoms. The van der Waals surface area contributed by atoms with Crippen LogP contribution in [-0.2, 0) is 4.79 Å². The van der Waals surface area contributed by atoms with E-state index in [4.69, 9.17) is 11.6 Å². The van der Waals surface area contributed by atoms with Crippen molar-refractivity contribution < 1.29 is 4.79 Å². The van der Waals surface area contributed by atoms with Crippen molar-refractivity contribution in [2.45, 2.75) is 0 Å². The number of halogens is 1. The van der Waals surface area contributed by atoms with E-state index in [1.54, 1.807) is 6.20 Å². The Morgan fingerprint density at radius 3 is 2.64 bits per heavy atom. The van der Waals surface area contributed by atoms with Crippen LogP contribution in [0.5, 0.6) is 0 Å². The molecule has 1 fully saturated rings. The van der Waals surface area contributed by atoms with Gasteiger partial charge in [-0.25, -0.2) is 15.0 Å².